The van der Waals surface area contributed by atoms with Crippen molar-refractivity contribution in [2.75, 3.05) is 18.5 Å². The Hall–Kier alpha value is -2.32. The van der Waals surface area contributed by atoms with Crippen molar-refractivity contribution in [1.29, 1.82) is 0 Å². The van der Waals surface area contributed by atoms with Crippen LogP contribution in [0.4, 0.5) is 5.69 Å². The number of nitrogens with one attached hydrogen (secondary N) is 2. The second-order valence-electron chi connectivity index (χ2n) is 6.98. The zero-order valence-electron chi connectivity index (χ0n) is 15.5. The van der Waals surface area contributed by atoms with Crippen molar-refractivity contribution in [3.63, 3.8) is 0 Å². The first-order valence-corrected chi connectivity index (χ1v) is 9.96. The highest BCUT2D eigenvalue weighted by Crippen LogP contribution is 2.17. The zero-order valence-corrected chi connectivity index (χ0v) is 16.3. The molecule has 0 aliphatic carbocycles. The maximum atomic E-state index is 12.3. The van der Waals surface area contributed by atoms with Crippen LogP contribution >= 0.6 is 11.3 Å². The minimum absolute atomic E-state index is 0.111. The predicted octanol–water partition coefficient (Wildman–Crippen LogP) is 2.90. The molecule has 144 valence electrons. The third kappa shape index (κ3) is 5.58. The Morgan fingerprint density at radius 3 is 2.67 bits per heavy atom. The van der Waals surface area contributed by atoms with Crippen molar-refractivity contribution in [1.82, 2.24) is 15.5 Å². The van der Waals surface area contributed by atoms with Gasteiger partial charge in [-0.1, -0.05) is 25.2 Å². The van der Waals surface area contributed by atoms with E-state index < -0.39 is 0 Å². The highest BCUT2D eigenvalue weighted by Gasteiger charge is 2.17. The minimum Gasteiger partial charge on any atom is -0.376 e. The maximum Gasteiger partial charge on any atom is 0.286 e. The van der Waals surface area contributed by atoms with E-state index in [1.54, 1.807) is 24.3 Å². The van der Waals surface area contributed by atoms with Gasteiger partial charge in [-0.2, -0.15) is 0 Å². The Kier molecular flexibility index (Phi) is 6.52. The first-order chi connectivity index (χ1) is 13.0. The quantitative estimate of drug-likeness (QED) is 0.761. The van der Waals surface area contributed by atoms with Crippen LogP contribution in [0.1, 0.15) is 51.9 Å². The molecule has 1 fully saturated rings. The van der Waals surface area contributed by atoms with Crippen molar-refractivity contribution in [3.05, 3.63) is 39.8 Å². The third-order valence-corrected chi connectivity index (χ3v) is 5.11. The van der Waals surface area contributed by atoms with Gasteiger partial charge in [-0.25, -0.2) is 0 Å². The molecule has 3 rings (SSSR count). The van der Waals surface area contributed by atoms with Gasteiger partial charge in [-0.3, -0.25) is 9.59 Å². The summed E-state index contributed by atoms with van der Waals surface area (Å²) in [5.41, 5.74) is 1.15. The Balaban J connectivity index is 1.52. The van der Waals surface area contributed by atoms with E-state index in [-0.39, 0.29) is 17.9 Å². The topological polar surface area (TPSA) is 93.2 Å². The number of ether oxygens (including phenoxy) is 1. The third-order valence-electron chi connectivity index (χ3n) is 4.16. The van der Waals surface area contributed by atoms with E-state index >= 15 is 0 Å². The van der Waals surface area contributed by atoms with Gasteiger partial charge in [0.1, 0.15) is 5.01 Å². The number of hydrogen-bond acceptors (Lipinski definition) is 6. The van der Waals surface area contributed by atoms with Crippen LogP contribution in [0.25, 0.3) is 0 Å². The van der Waals surface area contributed by atoms with Gasteiger partial charge in [0.15, 0.2) is 0 Å². The van der Waals surface area contributed by atoms with Crippen LogP contribution in [0, 0.1) is 5.92 Å². The summed E-state index contributed by atoms with van der Waals surface area (Å²) < 4.78 is 5.49. The molecule has 1 aliphatic heterocycles. The smallest absolute Gasteiger partial charge is 0.286 e. The normalized spacial score (nSPS) is 16.5. The summed E-state index contributed by atoms with van der Waals surface area (Å²) in [6.45, 7) is 5.48. The highest BCUT2D eigenvalue weighted by molar-refractivity contribution is 7.13. The van der Waals surface area contributed by atoms with Crippen LogP contribution < -0.4 is 10.6 Å². The largest absolute Gasteiger partial charge is 0.376 e. The van der Waals surface area contributed by atoms with Gasteiger partial charge in [0, 0.05) is 30.8 Å². The fraction of sp³-hybridized carbons (Fsp3) is 0.474. The van der Waals surface area contributed by atoms with Gasteiger partial charge in [0.05, 0.1) is 6.10 Å². The van der Waals surface area contributed by atoms with E-state index in [0.29, 0.717) is 28.7 Å². The Morgan fingerprint density at radius 2 is 2.00 bits per heavy atom. The molecule has 27 heavy (non-hydrogen) atoms. The Morgan fingerprint density at radius 1 is 1.22 bits per heavy atom. The molecule has 0 saturated carbocycles. The fourth-order valence-electron chi connectivity index (χ4n) is 2.78. The summed E-state index contributed by atoms with van der Waals surface area (Å²) in [4.78, 5) is 24.5. The van der Waals surface area contributed by atoms with E-state index in [1.807, 2.05) is 0 Å². The number of rotatable bonds is 7. The van der Waals surface area contributed by atoms with Crippen LogP contribution in [0.15, 0.2) is 24.3 Å². The number of nitrogens with zero attached hydrogens (tertiary/aromatic N) is 2. The lowest BCUT2D eigenvalue weighted by Gasteiger charge is -2.11. The zero-order chi connectivity index (χ0) is 19.2. The number of anilines is 1. The van der Waals surface area contributed by atoms with Crippen LogP contribution in [0.2, 0.25) is 0 Å². The molecule has 1 unspecified atom stereocenters. The average molecular weight is 388 g/mol. The summed E-state index contributed by atoms with van der Waals surface area (Å²) in [7, 11) is 0. The predicted molar refractivity (Wildman–Crippen MR) is 104 cm³/mol. The van der Waals surface area contributed by atoms with Crippen LogP contribution in [-0.2, 0) is 11.2 Å². The summed E-state index contributed by atoms with van der Waals surface area (Å²) in [6, 6.07) is 6.78. The van der Waals surface area contributed by atoms with Crippen molar-refractivity contribution in [2.24, 2.45) is 5.92 Å². The van der Waals surface area contributed by atoms with E-state index in [9.17, 15) is 9.59 Å². The highest BCUT2D eigenvalue weighted by atomic mass is 32.1. The first kappa shape index (κ1) is 19.4. The Labute approximate surface area is 162 Å². The molecule has 2 heterocycles. The van der Waals surface area contributed by atoms with Gasteiger partial charge in [0.25, 0.3) is 11.8 Å². The molecule has 7 nitrogen and oxygen atoms in total. The van der Waals surface area contributed by atoms with Crippen molar-refractivity contribution in [3.8, 4) is 0 Å². The van der Waals surface area contributed by atoms with Crippen LogP contribution in [-0.4, -0.2) is 41.3 Å². The average Bonchev–Trinajstić information content (AvgIpc) is 3.31. The van der Waals surface area contributed by atoms with E-state index in [0.717, 1.165) is 30.9 Å². The van der Waals surface area contributed by atoms with Crippen LogP contribution in [0.5, 0.6) is 0 Å². The number of amides is 2. The van der Waals surface area contributed by atoms with Gasteiger partial charge >= 0.3 is 0 Å². The van der Waals surface area contributed by atoms with E-state index in [4.69, 9.17) is 4.74 Å². The second-order valence-corrected chi connectivity index (χ2v) is 8.04. The van der Waals surface area contributed by atoms with Crippen LogP contribution in [0.3, 0.4) is 0 Å². The lowest BCUT2D eigenvalue weighted by molar-refractivity contribution is 0.0857. The van der Waals surface area contributed by atoms with Gasteiger partial charge < -0.3 is 15.4 Å². The molecule has 0 bridgehead atoms. The summed E-state index contributed by atoms with van der Waals surface area (Å²) >= 11 is 1.30. The van der Waals surface area contributed by atoms with E-state index in [1.165, 1.54) is 11.3 Å². The molecular weight excluding hydrogens is 364 g/mol. The van der Waals surface area contributed by atoms with Crippen molar-refractivity contribution in [2.45, 2.75) is 39.2 Å². The molecule has 1 aromatic carbocycles. The number of carbonyl (C=O) groups excluding carboxylic acids is 2. The summed E-state index contributed by atoms with van der Waals surface area (Å²) in [5, 5.41) is 14.9. The number of benzene rings is 1. The fourth-order valence-corrected chi connectivity index (χ4v) is 3.73. The minimum atomic E-state index is -0.293. The molecule has 0 spiro atoms. The summed E-state index contributed by atoms with van der Waals surface area (Å²) in [5.74, 6) is 0.0247. The molecule has 1 atom stereocenters. The molecule has 2 aromatic rings. The SMILES string of the molecule is CC(C)Cc1nnc(C(=O)Nc2ccc(C(=O)NCC3CCCO3)cc2)s1. The van der Waals surface area contributed by atoms with Gasteiger partial charge in [0.2, 0.25) is 5.01 Å². The standard InChI is InChI=1S/C19H24N4O3S/c1-12(2)10-16-22-23-19(27-16)18(25)21-14-7-5-13(6-8-14)17(24)20-11-15-4-3-9-26-15/h5-8,12,15H,3-4,9-11H2,1-2H3,(H,20,24)(H,21,25). The van der Waals surface area contributed by atoms with Gasteiger partial charge in [-0.15, -0.1) is 10.2 Å². The van der Waals surface area contributed by atoms with Crippen molar-refractivity contribution >= 4 is 28.8 Å². The molecule has 1 saturated heterocycles. The molecule has 8 heteroatoms. The Bertz CT molecular complexity index is 783. The maximum absolute atomic E-state index is 12.3. The lowest BCUT2D eigenvalue weighted by atomic mass is 10.1. The number of aromatic nitrogens is 2. The summed E-state index contributed by atoms with van der Waals surface area (Å²) in [6.07, 6.45) is 2.94. The molecule has 0 radical (unpaired) electrons. The van der Waals surface area contributed by atoms with Crippen molar-refractivity contribution < 1.29 is 14.3 Å². The monoisotopic (exact) mass is 388 g/mol. The second kappa shape index (κ2) is 9.05. The number of hydrogen-bond donors (Lipinski definition) is 2. The molecule has 1 aromatic heterocycles. The first-order valence-electron chi connectivity index (χ1n) is 9.15. The lowest BCUT2D eigenvalue weighted by Crippen LogP contribution is -2.31. The van der Waals surface area contributed by atoms with Gasteiger partial charge in [-0.05, 0) is 43.0 Å². The molecule has 1 aliphatic rings. The molecule has 2 amide bonds. The number of carbonyl (C=O) groups is 2. The van der Waals surface area contributed by atoms with E-state index in [2.05, 4.69) is 34.7 Å². The molecule has 2 N–H and O–H groups in total. The molecular formula is C19H24N4O3S.